The van der Waals surface area contributed by atoms with Crippen molar-refractivity contribution in [1.82, 2.24) is 9.88 Å². The maximum absolute atomic E-state index is 12.7. The van der Waals surface area contributed by atoms with Crippen LogP contribution in [0.2, 0.25) is 0 Å². The number of aryl methyl sites for hydroxylation is 1. The van der Waals surface area contributed by atoms with Gasteiger partial charge in [-0.2, -0.15) is 0 Å². The maximum Gasteiger partial charge on any atom is 0.267 e. The van der Waals surface area contributed by atoms with Crippen LogP contribution in [0.25, 0.3) is 10.2 Å². The molecule has 0 aliphatic rings. The smallest absolute Gasteiger partial charge is 0.267 e. The number of amides is 1. The van der Waals surface area contributed by atoms with Gasteiger partial charge in [0.1, 0.15) is 11.4 Å². The lowest BCUT2D eigenvalue weighted by atomic mass is 10.1. The Morgan fingerprint density at radius 2 is 2.12 bits per heavy atom. The number of nitrogens with one attached hydrogen (secondary N) is 1. The van der Waals surface area contributed by atoms with Crippen molar-refractivity contribution < 1.29 is 9.53 Å². The van der Waals surface area contributed by atoms with Gasteiger partial charge in [-0.3, -0.25) is 4.79 Å². The quantitative estimate of drug-likeness (QED) is 0.592. The molecule has 2 heterocycles. The normalized spacial score (nSPS) is 11.0. The SMILES string of the molecule is CCCn1c(C(=O)NCCc2ccccc2OC)cc2sc(Br)cc21. The van der Waals surface area contributed by atoms with E-state index in [1.807, 2.05) is 30.3 Å². The van der Waals surface area contributed by atoms with E-state index in [1.54, 1.807) is 18.4 Å². The topological polar surface area (TPSA) is 43.3 Å². The second kappa shape index (κ2) is 8.06. The highest BCUT2D eigenvalue weighted by atomic mass is 79.9. The molecule has 0 radical (unpaired) electrons. The summed E-state index contributed by atoms with van der Waals surface area (Å²) in [7, 11) is 1.67. The zero-order valence-corrected chi connectivity index (χ0v) is 16.7. The minimum atomic E-state index is -0.0251. The van der Waals surface area contributed by atoms with Crippen LogP contribution in [-0.2, 0) is 13.0 Å². The first-order chi connectivity index (χ1) is 12.1. The number of thiophene rings is 1. The number of benzene rings is 1. The van der Waals surface area contributed by atoms with Crippen LogP contribution in [0.5, 0.6) is 5.75 Å². The molecule has 0 aliphatic heterocycles. The molecule has 2 aromatic heterocycles. The Balaban J connectivity index is 1.72. The zero-order valence-electron chi connectivity index (χ0n) is 14.3. The van der Waals surface area contributed by atoms with Crippen molar-refractivity contribution in [2.45, 2.75) is 26.3 Å². The van der Waals surface area contributed by atoms with E-state index >= 15 is 0 Å². The van der Waals surface area contributed by atoms with Crippen molar-refractivity contribution in [1.29, 1.82) is 0 Å². The molecule has 3 aromatic rings. The number of ether oxygens (including phenoxy) is 1. The van der Waals surface area contributed by atoms with Gasteiger partial charge in [0.2, 0.25) is 0 Å². The number of carbonyl (C=O) groups excluding carboxylic acids is 1. The van der Waals surface area contributed by atoms with E-state index in [-0.39, 0.29) is 5.91 Å². The number of rotatable bonds is 7. The molecule has 3 rings (SSSR count). The summed E-state index contributed by atoms with van der Waals surface area (Å²) >= 11 is 5.18. The summed E-state index contributed by atoms with van der Waals surface area (Å²) in [6.07, 6.45) is 1.73. The van der Waals surface area contributed by atoms with Gasteiger partial charge in [0.15, 0.2) is 0 Å². The van der Waals surface area contributed by atoms with E-state index in [0.29, 0.717) is 6.54 Å². The average Bonchev–Trinajstić information content (AvgIpc) is 3.13. The molecular formula is C19H21BrN2O2S. The second-order valence-electron chi connectivity index (χ2n) is 5.80. The van der Waals surface area contributed by atoms with Gasteiger partial charge in [0.05, 0.1) is 21.1 Å². The molecule has 1 N–H and O–H groups in total. The highest BCUT2D eigenvalue weighted by Crippen LogP contribution is 2.32. The minimum absolute atomic E-state index is 0.0251. The highest BCUT2D eigenvalue weighted by Gasteiger charge is 2.17. The van der Waals surface area contributed by atoms with Crippen molar-refractivity contribution in [2.75, 3.05) is 13.7 Å². The van der Waals surface area contributed by atoms with Gasteiger partial charge in [0, 0.05) is 13.1 Å². The number of para-hydroxylation sites is 1. The first-order valence-corrected chi connectivity index (χ1v) is 9.93. The molecule has 0 aliphatic carbocycles. The van der Waals surface area contributed by atoms with Gasteiger partial charge in [-0.25, -0.2) is 0 Å². The Morgan fingerprint density at radius 1 is 1.32 bits per heavy atom. The maximum atomic E-state index is 12.7. The Kier molecular flexibility index (Phi) is 5.81. The molecule has 0 atom stereocenters. The molecule has 0 bridgehead atoms. The highest BCUT2D eigenvalue weighted by molar-refractivity contribution is 9.11. The van der Waals surface area contributed by atoms with Crippen LogP contribution in [0.3, 0.4) is 0 Å². The molecule has 6 heteroatoms. The fourth-order valence-corrected chi connectivity index (χ4v) is 4.54. The number of hydrogen-bond donors (Lipinski definition) is 1. The minimum Gasteiger partial charge on any atom is -0.496 e. The Hall–Kier alpha value is -1.79. The van der Waals surface area contributed by atoms with Crippen LogP contribution in [0.1, 0.15) is 29.4 Å². The van der Waals surface area contributed by atoms with Crippen LogP contribution in [0, 0.1) is 0 Å². The molecule has 0 saturated carbocycles. The summed E-state index contributed by atoms with van der Waals surface area (Å²) in [6.45, 7) is 3.53. The molecule has 4 nitrogen and oxygen atoms in total. The Labute approximate surface area is 159 Å². The van der Waals surface area contributed by atoms with Gasteiger partial charge in [-0.05, 0) is 52.5 Å². The molecule has 0 unspecified atom stereocenters. The molecule has 1 aromatic carbocycles. The summed E-state index contributed by atoms with van der Waals surface area (Å²) in [5.41, 5.74) is 2.95. The van der Waals surface area contributed by atoms with Crippen molar-refractivity contribution >= 4 is 43.4 Å². The van der Waals surface area contributed by atoms with Crippen molar-refractivity contribution in [3.05, 3.63) is 51.4 Å². The molecule has 1 amide bonds. The first kappa shape index (κ1) is 18.0. The Morgan fingerprint density at radius 3 is 2.88 bits per heavy atom. The van der Waals surface area contributed by atoms with E-state index in [1.165, 1.54) is 0 Å². The van der Waals surface area contributed by atoms with E-state index in [9.17, 15) is 4.79 Å². The predicted molar refractivity (Wildman–Crippen MR) is 107 cm³/mol. The van der Waals surface area contributed by atoms with Crippen LogP contribution in [0.4, 0.5) is 0 Å². The number of methoxy groups -OCH3 is 1. The third kappa shape index (κ3) is 3.90. The predicted octanol–water partition coefficient (Wildman–Crippen LogP) is 4.86. The van der Waals surface area contributed by atoms with E-state index in [4.69, 9.17) is 4.74 Å². The molecule has 0 fully saturated rings. The fourth-order valence-electron chi connectivity index (χ4n) is 2.98. The number of nitrogens with zero attached hydrogens (tertiary/aromatic N) is 1. The third-order valence-electron chi connectivity index (χ3n) is 4.11. The number of fused-ring (bicyclic) bond motifs is 1. The van der Waals surface area contributed by atoms with Gasteiger partial charge >= 0.3 is 0 Å². The summed E-state index contributed by atoms with van der Waals surface area (Å²) < 4.78 is 9.69. The summed E-state index contributed by atoms with van der Waals surface area (Å²) in [6, 6.07) is 12.0. The van der Waals surface area contributed by atoms with Gasteiger partial charge in [-0.1, -0.05) is 25.1 Å². The molecule has 0 saturated heterocycles. The lowest BCUT2D eigenvalue weighted by Crippen LogP contribution is -2.28. The van der Waals surface area contributed by atoms with Gasteiger partial charge in [0.25, 0.3) is 5.91 Å². The van der Waals surface area contributed by atoms with Crippen molar-refractivity contribution in [3.63, 3.8) is 0 Å². The monoisotopic (exact) mass is 420 g/mol. The van der Waals surface area contributed by atoms with Gasteiger partial charge < -0.3 is 14.6 Å². The largest absolute Gasteiger partial charge is 0.496 e. The first-order valence-electron chi connectivity index (χ1n) is 8.32. The van der Waals surface area contributed by atoms with E-state index < -0.39 is 0 Å². The molecule has 0 spiro atoms. The number of carbonyl (C=O) groups is 1. The standard InChI is InChI=1S/C19H21BrN2O2S/c1-3-10-22-14-12-18(20)25-17(14)11-15(22)19(23)21-9-8-13-6-4-5-7-16(13)24-2/h4-7,11-12H,3,8-10H2,1-2H3,(H,21,23). The molecule has 25 heavy (non-hydrogen) atoms. The summed E-state index contributed by atoms with van der Waals surface area (Å²) in [5, 5.41) is 3.04. The lowest BCUT2D eigenvalue weighted by molar-refractivity contribution is 0.0945. The van der Waals surface area contributed by atoms with Gasteiger partial charge in [-0.15, -0.1) is 11.3 Å². The van der Waals surface area contributed by atoms with Crippen LogP contribution < -0.4 is 10.1 Å². The van der Waals surface area contributed by atoms with Crippen LogP contribution >= 0.6 is 27.3 Å². The second-order valence-corrected chi connectivity index (χ2v) is 8.26. The third-order valence-corrected chi connectivity index (χ3v) is 5.69. The summed E-state index contributed by atoms with van der Waals surface area (Å²) in [5.74, 6) is 0.833. The van der Waals surface area contributed by atoms with Crippen LogP contribution in [0.15, 0.2) is 40.2 Å². The van der Waals surface area contributed by atoms with E-state index in [0.717, 1.165) is 50.4 Å². The number of aromatic nitrogens is 1. The average molecular weight is 421 g/mol. The summed E-state index contributed by atoms with van der Waals surface area (Å²) in [4.78, 5) is 12.7. The fraction of sp³-hybridized carbons (Fsp3) is 0.316. The number of halogens is 1. The number of hydrogen-bond acceptors (Lipinski definition) is 3. The van der Waals surface area contributed by atoms with Crippen molar-refractivity contribution in [2.24, 2.45) is 0 Å². The zero-order chi connectivity index (χ0) is 17.8. The van der Waals surface area contributed by atoms with Crippen LogP contribution in [-0.4, -0.2) is 24.1 Å². The van der Waals surface area contributed by atoms with E-state index in [2.05, 4.69) is 38.8 Å². The molecule has 132 valence electrons. The Bertz CT molecular complexity index is 885. The lowest BCUT2D eigenvalue weighted by Gasteiger charge is -2.11. The molecular weight excluding hydrogens is 400 g/mol. The van der Waals surface area contributed by atoms with Crippen molar-refractivity contribution in [3.8, 4) is 5.75 Å².